The van der Waals surface area contributed by atoms with Crippen LogP contribution in [0.2, 0.25) is 0 Å². The molecular weight excluding hydrogens is 246 g/mol. The lowest BCUT2D eigenvalue weighted by Crippen LogP contribution is -2.45. The summed E-state index contributed by atoms with van der Waals surface area (Å²) in [4.78, 5) is 5.40. The standard InChI is InChI=1S/C17H35N3/c1-4-20(5-2)16-9-12-19(13-16)15-17(14-18-3)10-7-6-8-11-17/h16,18H,4-15H2,1-3H3. The Hall–Kier alpha value is -0.120. The maximum atomic E-state index is 3.47. The highest BCUT2D eigenvalue weighted by molar-refractivity contribution is 4.91. The van der Waals surface area contributed by atoms with Crippen molar-refractivity contribution in [1.82, 2.24) is 15.1 Å². The molecule has 2 aliphatic rings. The van der Waals surface area contributed by atoms with Crippen LogP contribution in [0, 0.1) is 5.41 Å². The summed E-state index contributed by atoms with van der Waals surface area (Å²) in [5, 5.41) is 3.47. The van der Waals surface area contributed by atoms with Crippen LogP contribution in [0.1, 0.15) is 52.4 Å². The van der Waals surface area contributed by atoms with Gasteiger partial charge in [-0.05, 0) is 51.4 Å². The van der Waals surface area contributed by atoms with Crippen LogP contribution in [-0.4, -0.2) is 62.2 Å². The van der Waals surface area contributed by atoms with Gasteiger partial charge in [-0.15, -0.1) is 0 Å². The summed E-state index contributed by atoms with van der Waals surface area (Å²) in [5.41, 5.74) is 0.561. The maximum Gasteiger partial charge on any atom is 0.0235 e. The first-order valence-electron chi connectivity index (χ1n) is 8.84. The lowest BCUT2D eigenvalue weighted by Gasteiger charge is -2.40. The third kappa shape index (κ3) is 3.96. The molecule has 1 aliphatic carbocycles. The Morgan fingerprint density at radius 1 is 1.15 bits per heavy atom. The van der Waals surface area contributed by atoms with E-state index < -0.39 is 0 Å². The monoisotopic (exact) mass is 281 g/mol. The second-order valence-electron chi connectivity index (χ2n) is 6.99. The molecule has 1 saturated carbocycles. The summed E-state index contributed by atoms with van der Waals surface area (Å²) < 4.78 is 0. The van der Waals surface area contributed by atoms with Crippen molar-refractivity contribution in [2.24, 2.45) is 5.41 Å². The number of rotatable bonds is 7. The molecule has 1 saturated heterocycles. The Labute approximate surface area is 126 Å². The molecule has 3 nitrogen and oxygen atoms in total. The van der Waals surface area contributed by atoms with Crippen LogP contribution in [0.25, 0.3) is 0 Å². The normalized spacial score (nSPS) is 27.3. The predicted octanol–water partition coefficient (Wildman–Crippen LogP) is 2.57. The fraction of sp³-hybridized carbons (Fsp3) is 1.00. The van der Waals surface area contributed by atoms with E-state index in [9.17, 15) is 0 Å². The SMILES string of the molecule is CCN(CC)C1CCN(CC2(CNC)CCCCC2)C1. The summed E-state index contributed by atoms with van der Waals surface area (Å²) in [6.07, 6.45) is 8.56. The van der Waals surface area contributed by atoms with Crippen LogP contribution in [0.4, 0.5) is 0 Å². The van der Waals surface area contributed by atoms with Gasteiger partial charge in [0.15, 0.2) is 0 Å². The largest absolute Gasteiger partial charge is 0.319 e. The second-order valence-corrected chi connectivity index (χ2v) is 6.99. The van der Waals surface area contributed by atoms with Gasteiger partial charge in [0.25, 0.3) is 0 Å². The van der Waals surface area contributed by atoms with E-state index in [0.717, 1.165) is 6.04 Å². The first kappa shape index (κ1) is 16.3. The van der Waals surface area contributed by atoms with Gasteiger partial charge in [-0.3, -0.25) is 4.90 Å². The molecular formula is C17H35N3. The first-order valence-corrected chi connectivity index (χ1v) is 8.84. The van der Waals surface area contributed by atoms with Crippen molar-refractivity contribution in [1.29, 1.82) is 0 Å². The Balaban J connectivity index is 1.88. The molecule has 0 aromatic carbocycles. The van der Waals surface area contributed by atoms with E-state index >= 15 is 0 Å². The molecule has 3 heteroatoms. The van der Waals surface area contributed by atoms with E-state index in [0.29, 0.717) is 5.41 Å². The molecule has 1 atom stereocenters. The van der Waals surface area contributed by atoms with E-state index in [-0.39, 0.29) is 0 Å². The zero-order valence-electron chi connectivity index (χ0n) is 14.0. The molecule has 1 N–H and O–H groups in total. The van der Waals surface area contributed by atoms with Crippen molar-refractivity contribution in [2.45, 2.75) is 58.4 Å². The lowest BCUT2D eigenvalue weighted by molar-refractivity contribution is 0.111. The number of hydrogen-bond acceptors (Lipinski definition) is 3. The van der Waals surface area contributed by atoms with E-state index in [2.05, 4.69) is 36.0 Å². The minimum absolute atomic E-state index is 0.561. The Kier molecular flexibility index (Phi) is 6.31. The summed E-state index contributed by atoms with van der Waals surface area (Å²) in [5.74, 6) is 0. The van der Waals surface area contributed by atoms with Gasteiger partial charge in [0.1, 0.15) is 0 Å². The Morgan fingerprint density at radius 2 is 1.85 bits per heavy atom. The van der Waals surface area contributed by atoms with Gasteiger partial charge in [-0.1, -0.05) is 33.1 Å². The number of likely N-dealkylation sites (tertiary alicyclic amines) is 1. The van der Waals surface area contributed by atoms with E-state index in [1.54, 1.807) is 0 Å². The number of nitrogens with one attached hydrogen (secondary N) is 1. The van der Waals surface area contributed by atoms with Crippen molar-refractivity contribution < 1.29 is 0 Å². The molecule has 118 valence electrons. The number of nitrogens with zero attached hydrogens (tertiary/aromatic N) is 2. The highest BCUT2D eigenvalue weighted by Crippen LogP contribution is 2.37. The smallest absolute Gasteiger partial charge is 0.0235 e. The molecule has 0 bridgehead atoms. The van der Waals surface area contributed by atoms with Gasteiger partial charge in [-0.2, -0.15) is 0 Å². The topological polar surface area (TPSA) is 18.5 Å². The molecule has 1 unspecified atom stereocenters. The average molecular weight is 281 g/mol. The van der Waals surface area contributed by atoms with E-state index in [4.69, 9.17) is 0 Å². The molecule has 0 radical (unpaired) electrons. The predicted molar refractivity (Wildman–Crippen MR) is 87.2 cm³/mol. The van der Waals surface area contributed by atoms with Crippen LogP contribution >= 0.6 is 0 Å². The maximum absolute atomic E-state index is 3.47. The second kappa shape index (κ2) is 7.77. The molecule has 1 aliphatic heterocycles. The van der Waals surface area contributed by atoms with Crippen LogP contribution < -0.4 is 5.32 Å². The molecule has 20 heavy (non-hydrogen) atoms. The molecule has 0 aromatic heterocycles. The summed E-state index contributed by atoms with van der Waals surface area (Å²) >= 11 is 0. The molecule has 0 aromatic rings. The zero-order valence-corrected chi connectivity index (χ0v) is 14.0. The summed E-state index contributed by atoms with van der Waals surface area (Å²) in [6.45, 7) is 12.2. The van der Waals surface area contributed by atoms with Crippen molar-refractivity contribution in [3.05, 3.63) is 0 Å². The first-order chi connectivity index (χ1) is 9.73. The lowest BCUT2D eigenvalue weighted by atomic mass is 9.73. The molecule has 1 heterocycles. The molecule has 0 amide bonds. The van der Waals surface area contributed by atoms with Gasteiger partial charge < -0.3 is 10.2 Å². The van der Waals surface area contributed by atoms with Gasteiger partial charge in [0.2, 0.25) is 0 Å². The number of hydrogen-bond donors (Lipinski definition) is 1. The average Bonchev–Trinajstić information content (AvgIpc) is 2.89. The summed E-state index contributed by atoms with van der Waals surface area (Å²) in [6, 6.07) is 0.806. The van der Waals surface area contributed by atoms with Crippen molar-refractivity contribution >= 4 is 0 Å². The highest BCUT2D eigenvalue weighted by Gasteiger charge is 2.36. The van der Waals surface area contributed by atoms with Crippen molar-refractivity contribution in [2.75, 3.05) is 46.3 Å². The van der Waals surface area contributed by atoms with E-state index in [1.165, 1.54) is 77.8 Å². The fourth-order valence-electron chi connectivity index (χ4n) is 4.54. The quantitative estimate of drug-likeness (QED) is 0.774. The molecule has 2 rings (SSSR count). The molecule has 2 fully saturated rings. The Bertz CT molecular complexity index is 264. The van der Waals surface area contributed by atoms with Gasteiger partial charge in [0, 0.05) is 25.7 Å². The van der Waals surface area contributed by atoms with Crippen molar-refractivity contribution in [3.63, 3.8) is 0 Å². The molecule has 0 spiro atoms. The minimum atomic E-state index is 0.561. The van der Waals surface area contributed by atoms with Crippen LogP contribution in [0.5, 0.6) is 0 Å². The fourth-order valence-corrected chi connectivity index (χ4v) is 4.54. The Morgan fingerprint density at radius 3 is 2.45 bits per heavy atom. The van der Waals surface area contributed by atoms with Gasteiger partial charge in [-0.25, -0.2) is 0 Å². The summed E-state index contributed by atoms with van der Waals surface area (Å²) in [7, 11) is 2.12. The third-order valence-corrected chi connectivity index (χ3v) is 5.60. The third-order valence-electron chi connectivity index (χ3n) is 5.60. The van der Waals surface area contributed by atoms with Gasteiger partial charge >= 0.3 is 0 Å². The van der Waals surface area contributed by atoms with E-state index in [1.807, 2.05) is 0 Å². The highest BCUT2D eigenvalue weighted by atomic mass is 15.3. The van der Waals surface area contributed by atoms with Gasteiger partial charge in [0.05, 0.1) is 0 Å². The van der Waals surface area contributed by atoms with Crippen LogP contribution in [0.3, 0.4) is 0 Å². The van der Waals surface area contributed by atoms with Crippen LogP contribution in [-0.2, 0) is 0 Å². The minimum Gasteiger partial charge on any atom is -0.319 e. The number of likely N-dealkylation sites (N-methyl/N-ethyl adjacent to an activating group) is 1. The van der Waals surface area contributed by atoms with Crippen LogP contribution in [0.15, 0.2) is 0 Å². The van der Waals surface area contributed by atoms with Crippen molar-refractivity contribution in [3.8, 4) is 0 Å². The zero-order chi connectivity index (χ0) is 14.4.